The summed E-state index contributed by atoms with van der Waals surface area (Å²) >= 11 is 0. The Bertz CT molecular complexity index is 414. The molecule has 0 aliphatic heterocycles. The fourth-order valence-corrected chi connectivity index (χ4v) is 2.06. The normalized spacial score (nSPS) is 19.4. The van der Waals surface area contributed by atoms with E-state index in [-0.39, 0.29) is 17.7 Å². The van der Waals surface area contributed by atoms with Gasteiger partial charge in [-0.2, -0.15) is 0 Å². The van der Waals surface area contributed by atoms with Crippen LogP contribution in [0.1, 0.15) is 30.9 Å². The summed E-state index contributed by atoms with van der Waals surface area (Å²) in [5.41, 5.74) is 2.39. The van der Waals surface area contributed by atoms with Crippen LogP contribution in [0.3, 0.4) is 0 Å². The van der Waals surface area contributed by atoms with E-state index < -0.39 is 6.10 Å². The van der Waals surface area contributed by atoms with E-state index in [1.54, 1.807) is 0 Å². The number of hydrogen-bond acceptors (Lipinski definition) is 2. The molecule has 0 saturated carbocycles. The number of amides is 1. The van der Waals surface area contributed by atoms with Gasteiger partial charge in [-0.25, -0.2) is 0 Å². The average molecular weight is 233 g/mol. The fraction of sp³-hybridized carbons (Fsp3) is 0.500. The number of aliphatic hydroxyl groups is 1. The van der Waals surface area contributed by atoms with Crippen LogP contribution in [0, 0.1) is 5.92 Å². The van der Waals surface area contributed by atoms with Crippen molar-refractivity contribution < 1.29 is 9.90 Å². The minimum Gasteiger partial charge on any atom is -0.391 e. The molecule has 1 amide bonds. The summed E-state index contributed by atoms with van der Waals surface area (Å²) in [4.78, 5) is 11.9. The van der Waals surface area contributed by atoms with E-state index in [1.165, 1.54) is 5.56 Å². The highest BCUT2D eigenvalue weighted by molar-refractivity contribution is 5.86. The number of benzene rings is 1. The third-order valence-electron chi connectivity index (χ3n) is 3.43. The van der Waals surface area contributed by atoms with Gasteiger partial charge >= 0.3 is 0 Å². The van der Waals surface area contributed by atoms with Crippen LogP contribution >= 0.6 is 0 Å². The van der Waals surface area contributed by atoms with Gasteiger partial charge in [-0.3, -0.25) is 4.79 Å². The van der Waals surface area contributed by atoms with E-state index in [0.717, 1.165) is 12.0 Å². The maximum atomic E-state index is 11.9. The van der Waals surface area contributed by atoms with E-state index >= 15 is 0 Å². The Labute approximate surface area is 102 Å². The third-order valence-corrected chi connectivity index (χ3v) is 3.43. The van der Waals surface area contributed by atoms with Crippen LogP contribution in [0.4, 0.5) is 0 Å². The maximum Gasteiger partial charge on any atom is 0.227 e. The van der Waals surface area contributed by atoms with Crippen LogP contribution in [0.25, 0.3) is 0 Å². The van der Waals surface area contributed by atoms with Crippen molar-refractivity contribution in [2.24, 2.45) is 5.92 Å². The Hall–Kier alpha value is -1.35. The van der Waals surface area contributed by atoms with Gasteiger partial charge < -0.3 is 10.4 Å². The van der Waals surface area contributed by atoms with Gasteiger partial charge in [-0.15, -0.1) is 0 Å². The zero-order valence-corrected chi connectivity index (χ0v) is 10.3. The molecule has 0 saturated heterocycles. The van der Waals surface area contributed by atoms with Crippen LogP contribution in [-0.4, -0.2) is 23.7 Å². The molecule has 2 N–H and O–H groups in total. The van der Waals surface area contributed by atoms with E-state index in [2.05, 4.69) is 11.4 Å². The first-order valence-corrected chi connectivity index (χ1v) is 6.13. The quantitative estimate of drug-likeness (QED) is 0.827. The molecule has 1 aliphatic rings. The zero-order chi connectivity index (χ0) is 12.4. The van der Waals surface area contributed by atoms with E-state index in [4.69, 9.17) is 0 Å². The number of fused-ring (bicyclic) bond motifs is 1. The van der Waals surface area contributed by atoms with Gasteiger partial charge in [-0.05, 0) is 23.5 Å². The van der Waals surface area contributed by atoms with Gasteiger partial charge in [0, 0.05) is 6.54 Å². The lowest BCUT2D eigenvalue weighted by Crippen LogP contribution is -2.40. The summed E-state index contributed by atoms with van der Waals surface area (Å²) in [7, 11) is 0. The van der Waals surface area contributed by atoms with Crippen molar-refractivity contribution in [1.29, 1.82) is 0 Å². The van der Waals surface area contributed by atoms with Gasteiger partial charge in [0.05, 0.1) is 12.0 Å². The molecular formula is C14H19NO2. The van der Waals surface area contributed by atoms with Crippen molar-refractivity contribution in [3.8, 4) is 0 Å². The summed E-state index contributed by atoms with van der Waals surface area (Å²) in [6, 6.07) is 8.01. The number of rotatable bonds is 4. The molecule has 0 spiro atoms. The molecule has 1 aliphatic carbocycles. The minimum atomic E-state index is -0.464. The first kappa shape index (κ1) is 12.1. The van der Waals surface area contributed by atoms with Crippen molar-refractivity contribution in [2.75, 3.05) is 6.54 Å². The topological polar surface area (TPSA) is 49.3 Å². The highest BCUT2D eigenvalue weighted by atomic mass is 16.3. The molecule has 0 heterocycles. The maximum absolute atomic E-state index is 11.9. The molecule has 2 atom stereocenters. The SMILES string of the molecule is CC(C)C(O)CNC(=O)C1Cc2ccccc21. The molecule has 0 bridgehead atoms. The number of carbonyl (C=O) groups excluding carboxylic acids is 1. The lowest BCUT2D eigenvalue weighted by molar-refractivity contribution is -0.123. The summed E-state index contributed by atoms with van der Waals surface area (Å²) in [6.07, 6.45) is 0.356. The minimum absolute atomic E-state index is 0.0226. The molecule has 2 unspecified atom stereocenters. The standard InChI is InChI=1S/C14H19NO2/c1-9(2)13(16)8-15-14(17)12-7-10-5-3-4-6-11(10)12/h3-6,9,12-13,16H,7-8H2,1-2H3,(H,15,17). The van der Waals surface area contributed by atoms with Gasteiger partial charge in [-0.1, -0.05) is 38.1 Å². The lowest BCUT2D eigenvalue weighted by Gasteiger charge is -2.29. The van der Waals surface area contributed by atoms with Crippen molar-refractivity contribution in [2.45, 2.75) is 32.3 Å². The average Bonchev–Trinajstić information content (AvgIpc) is 2.27. The Kier molecular flexibility index (Phi) is 3.48. The molecule has 3 heteroatoms. The van der Waals surface area contributed by atoms with Crippen molar-refractivity contribution >= 4 is 5.91 Å². The Morgan fingerprint density at radius 2 is 2.18 bits per heavy atom. The van der Waals surface area contributed by atoms with Crippen LogP contribution in [0.2, 0.25) is 0 Å². The third kappa shape index (κ3) is 2.50. The van der Waals surface area contributed by atoms with Crippen LogP contribution < -0.4 is 5.32 Å². The molecule has 2 rings (SSSR count). The van der Waals surface area contributed by atoms with Crippen LogP contribution in [-0.2, 0) is 11.2 Å². The molecule has 0 aromatic heterocycles. The second-order valence-electron chi connectivity index (χ2n) is 5.01. The second kappa shape index (κ2) is 4.88. The van der Waals surface area contributed by atoms with Crippen molar-refractivity contribution in [3.05, 3.63) is 35.4 Å². The predicted molar refractivity (Wildman–Crippen MR) is 66.7 cm³/mol. The first-order chi connectivity index (χ1) is 8.09. The monoisotopic (exact) mass is 233 g/mol. The molecule has 92 valence electrons. The number of carbonyl (C=O) groups is 1. The summed E-state index contributed by atoms with van der Waals surface area (Å²) in [6.45, 7) is 4.22. The van der Waals surface area contributed by atoms with Crippen LogP contribution in [0.5, 0.6) is 0 Å². The van der Waals surface area contributed by atoms with Gasteiger partial charge in [0.1, 0.15) is 0 Å². The molecule has 0 fully saturated rings. The molecule has 0 radical (unpaired) electrons. The number of hydrogen-bond donors (Lipinski definition) is 2. The van der Waals surface area contributed by atoms with Crippen molar-refractivity contribution in [3.63, 3.8) is 0 Å². The Balaban J connectivity index is 1.88. The second-order valence-corrected chi connectivity index (χ2v) is 5.01. The van der Waals surface area contributed by atoms with Gasteiger partial charge in [0.15, 0.2) is 0 Å². The molecule has 1 aromatic carbocycles. The highest BCUT2D eigenvalue weighted by Crippen LogP contribution is 2.34. The molecule has 17 heavy (non-hydrogen) atoms. The fourth-order valence-electron chi connectivity index (χ4n) is 2.06. The van der Waals surface area contributed by atoms with Crippen molar-refractivity contribution in [1.82, 2.24) is 5.32 Å². The first-order valence-electron chi connectivity index (χ1n) is 6.13. The largest absolute Gasteiger partial charge is 0.391 e. The van der Waals surface area contributed by atoms with E-state index in [0.29, 0.717) is 6.54 Å². The predicted octanol–water partition coefficient (Wildman–Crippen LogP) is 1.46. The number of aliphatic hydroxyl groups excluding tert-OH is 1. The number of nitrogens with one attached hydrogen (secondary N) is 1. The Morgan fingerprint density at radius 3 is 2.82 bits per heavy atom. The summed E-state index contributed by atoms with van der Waals surface area (Å²) in [5.74, 6) is 0.179. The van der Waals surface area contributed by atoms with Crippen LogP contribution in [0.15, 0.2) is 24.3 Å². The zero-order valence-electron chi connectivity index (χ0n) is 10.3. The molecule has 3 nitrogen and oxygen atoms in total. The van der Waals surface area contributed by atoms with Gasteiger partial charge in [0.2, 0.25) is 5.91 Å². The smallest absolute Gasteiger partial charge is 0.227 e. The highest BCUT2D eigenvalue weighted by Gasteiger charge is 2.31. The van der Waals surface area contributed by atoms with E-state index in [9.17, 15) is 9.90 Å². The van der Waals surface area contributed by atoms with Gasteiger partial charge in [0.25, 0.3) is 0 Å². The van der Waals surface area contributed by atoms with E-state index in [1.807, 2.05) is 32.0 Å². The molecular weight excluding hydrogens is 214 g/mol. The summed E-state index contributed by atoms with van der Waals surface area (Å²) < 4.78 is 0. The lowest BCUT2D eigenvalue weighted by atomic mass is 9.77. The summed E-state index contributed by atoms with van der Waals surface area (Å²) in [5, 5.41) is 12.4. The molecule has 1 aromatic rings. The Morgan fingerprint density at radius 1 is 1.47 bits per heavy atom.